The molecule has 5 nitrogen and oxygen atoms in total. The summed E-state index contributed by atoms with van der Waals surface area (Å²) in [6, 6.07) is 7.84. The highest BCUT2D eigenvalue weighted by Crippen LogP contribution is 2.50. The maximum Gasteiger partial charge on any atom is 0.430 e. The lowest BCUT2D eigenvalue weighted by atomic mass is 9.92. The van der Waals surface area contributed by atoms with E-state index in [1.165, 1.54) is 36.1 Å². The van der Waals surface area contributed by atoms with Gasteiger partial charge in [0.15, 0.2) is 9.84 Å². The van der Waals surface area contributed by atoms with Crippen molar-refractivity contribution in [2.75, 3.05) is 10.7 Å². The van der Waals surface area contributed by atoms with Gasteiger partial charge in [-0.05, 0) is 43.7 Å². The maximum absolute atomic E-state index is 13.1. The third-order valence-electron chi connectivity index (χ3n) is 5.19. The summed E-state index contributed by atoms with van der Waals surface area (Å²) >= 11 is 0. The molecule has 1 amide bonds. The number of hydrogen-bond acceptors (Lipinski definition) is 4. The molecule has 0 fully saturated rings. The van der Waals surface area contributed by atoms with Crippen LogP contribution in [0.25, 0.3) is 0 Å². The van der Waals surface area contributed by atoms with Crippen LogP contribution in [0.1, 0.15) is 31.9 Å². The van der Waals surface area contributed by atoms with Crippen LogP contribution in [0.5, 0.6) is 0 Å². The fourth-order valence-electron chi connectivity index (χ4n) is 3.32. The third kappa shape index (κ3) is 5.38. The first-order chi connectivity index (χ1) is 15.5. The van der Waals surface area contributed by atoms with Gasteiger partial charge in [0.25, 0.3) is 5.60 Å². The van der Waals surface area contributed by atoms with Crippen LogP contribution in [-0.2, 0) is 26.7 Å². The first-order valence-electron chi connectivity index (χ1n) is 10.1. The first-order valence-corrected chi connectivity index (χ1v) is 11.7. The van der Waals surface area contributed by atoms with E-state index in [1.54, 1.807) is 13.8 Å². The van der Waals surface area contributed by atoms with Crippen molar-refractivity contribution >= 4 is 21.4 Å². The molecule has 0 saturated carbocycles. The van der Waals surface area contributed by atoms with Gasteiger partial charge in [-0.3, -0.25) is 4.79 Å². The first kappa shape index (κ1) is 27.6. The molecule has 2 rings (SSSR count). The number of hydrogen-bond donors (Lipinski definition) is 1. The molecule has 2 aromatic rings. The highest BCUT2D eigenvalue weighted by atomic mass is 32.2. The second-order valence-electron chi connectivity index (χ2n) is 7.83. The number of amides is 1. The summed E-state index contributed by atoms with van der Waals surface area (Å²) in [6.07, 6.45) is -12.2. The Hall–Kier alpha value is -2.60. The number of benzene rings is 2. The number of alkyl halides is 6. The molecule has 0 atom stereocenters. The molecule has 0 unspecified atom stereocenters. The number of sulfone groups is 1. The van der Waals surface area contributed by atoms with Gasteiger partial charge in [0.1, 0.15) is 0 Å². The van der Waals surface area contributed by atoms with E-state index in [0.29, 0.717) is 17.7 Å². The van der Waals surface area contributed by atoms with Crippen LogP contribution in [0, 0.1) is 0 Å². The molecular weight excluding hydrogens is 488 g/mol. The van der Waals surface area contributed by atoms with Crippen molar-refractivity contribution < 1.29 is 44.7 Å². The molecule has 0 aliphatic rings. The minimum absolute atomic E-state index is 0.0284. The number of rotatable bonds is 7. The minimum atomic E-state index is -6.02. The van der Waals surface area contributed by atoms with Crippen molar-refractivity contribution in [2.24, 2.45) is 0 Å². The Bertz CT molecular complexity index is 1090. The monoisotopic (exact) mass is 511 g/mol. The van der Waals surface area contributed by atoms with Gasteiger partial charge in [-0.1, -0.05) is 31.2 Å². The van der Waals surface area contributed by atoms with E-state index in [2.05, 4.69) is 0 Å². The van der Waals surface area contributed by atoms with E-state index < -0.39 is 45.3 Å². The van der Waals surface area contributed by atoms with Crippen LogP contribution in [0.4, 0.5) is 32.0 Å². The number of carbonyl (C=O) groups is 1. The number of anilines is 1. The van der Waals surface area contributed by atoms with E-state index in [1.807, 2.05) is 0 Å². The number of nitrogens with zero attached hydrogens (tertiary/aromatic N) is 1. The zero-order chi connectivity index (χ0) is 26.1. The normalized spacial score (nSPS) is 13.3. The van der Waals surface area contributed by atoms with Crippen LogP contribution in [0.15, 0.2) is 53.4 Å². The fraction of sp³-hybridized carbons (Fsp3) is 0.409. The van der Waals surface area contributed by atoms with Gasteiger partial charge in [0, 0.05) is 17.3 Å². The van der Waals surface area contributed by atoms with Gasteiger partial charge in [0.05, 0.1) is 17.1 Å². The summed E-state index contributed by atoms with van der Waals surface area (Å²) in [5.74, 6) is -0.615. The van der Waals surface area contributed by atoms with Gasteiger partial charge in [0.2, 0.25) is 5.91 Å². The number of halogens is 6. The third-order valence-corrected chi connectivity index (χ3v) is 6.94. The van der Waals surface area contributed by atoms with E-state index in [4.69, 9.17) is 0 Å². The van der Waals surface area contributed by atoms with Gasteiger partial charge < -0.3 is 10.0 Å². The van der Waals surface area contributed by atoms with Crippen molar-refractivity contribution in [1.29, 1.82) is 0 Å². The summed E-state index contributed by atoms with van der Waals surface area (Å²) in [4.78, 5) is 14.2. The molecule has 0 bridgehead atoms. The number of aliphatic hydroxyl groups is 1. The molecule has 0 saturated heterocycles. The quantitative estimate of drug-likeness (QED) is 0.544. The molecule has 0 aliphatic heterocycles. The standard InChI is InChI=1S/C22H23F6NO4S/c1-4-34(32,33)18-11-5-15(6-12-18)13-19(30)29(14(2)3)17-9-7-16(8-10-17)20(31,21(23,24)25)22(26,27)28/h5-12,14,31H,4,13H2,1-3H3. The molecule has 0 aromatic heterocycles. The molecule has 0 heterocycles. The molecule has 1 N–H and O–H groups in total. The molecule has 0 aliphatic carbocycles. The second-order valence-corrected chi connectivity index (χ2v) is 10.1. The van der Waals surface area contributed by atoms with E-state index in [0.717, 1.165) is 12.1 Å². The summed E-state index contributed by atoms with van der Waals surface area (Å²) in [6.45, 7) is 4.69. The maximum atomic E-state index is 13.1. The predicted octanol–water partition coefficient (Wildman–Crippen LogP) is 4.78. The van der Waals surface area contributed by atoms with Crippen molar-refractivity contribution in [2.45, 2.75) is 56.1 Å². The number of carbonyl (C=O) groups excluding carboxylic acids is 1. The van der Waals surface area contributed by atoms with Crippen LogP contribution >= 0.6 is 0 Å². The van der Waals surface area contributed by atoms with Gasteiger partial charge in [-0.2, -0.15) is 26.3 Å². The Balaban J connectivity index is 2.34. The fourth-order valence-corrected chi connectivity index (χ4v) is 4.21. The molecule has 34 heavy (non-hydrogen) atoms. The SMILES string of the molecule is CCS(=O)(=O)c1ccc(CC(=O)N(c2ccc(C(O)(C(F)(F)F)C(F)(F)F)cc2)C(C)C)cc1. The van der Waals surface area contributed by atoms with Crippen molar-refractivity contribution in [1.82, 2.24) is 0 Å². The lowest BCUT2D eigenvalue weighted by Crippen LogP contribution is -2.53. The zero-order valence-electron chi connectivity index (χ0n) is 18.4. The van der Waals surface area contributed by atoms with E-state index in [-0.39, 0.29) is 22.8 Å². The zero-order valence-corrected chi connectivity index (χ0v) is 19.2. The largest absolute Gasteiger partial charge is 0.430 e. The molecule has 2 aromatic carbocycles. The van der Waals surface area contributed by atoms with E-state index >= 15 is 0 Å². The van der Waals surface area contributed by atoms with Gasteiger partial charge in [-0.15, -0.1) is 0 Å². The Kier molecular flexibility index (Phi) is 7.78. The Morgan fingerprint density at radius 3 is 1.76 bits per heavy atom. The summed E-state index contributed by atoms with van der Waals surface area (Å²) in [5.41, 5.74) is -6.00. The van der Waals surface area contributed by atoms with Gasteiger partial charge in [-0.25, -0.2) is 8.42 Å². The average molecular weight is 511 g/mol. The average Bonchev–Trinajstić information content (AvgIpc) is 2.72. The van der Waals surface area contributed by atoms with Crippen molar-refractivity contribution in [3.8, 4) is 0 Å². The molecular formula is C22H23F6NO4S. The van der Waals surface area contributed by atoms with Crippen LogP contribution in [0.2, 0.25) is 0 Å². The Morgan fingerprint density at radius 2 is 1.38 bits per heavy atom. The summed E-state index contributed by atoms with van der Waals surface area (Å²) < 4.78 is 102. The summed E-state index contributed by atoms with van der Waals surface area (Å²) in [7, 11) is -3.43. The molecule has 0 spiro atoms. The van der Waals surface area contributed by atoms with Crippen LogP contribution in [0.3, 0.4) is 0 Å². The smallest absolute Gasteiger partial charge is 0.369 e. The van der Waals surface area contributed by atoms with Crippen molar-refractivity contribution in [3.05, 3.63) is 59.7 Å². The van der Waals surface area contributed by atoms with Crippen LogP contribution < -0.4 is 4.90 Å². The summed E-state index contributed by atoms with van der Waals surface area (Å²) in [5, 5.41) is 9.52. The van der Waals surface area contributed by atoms with Crippen molar-refractivity contribution in [3.63, 3.8) is 0 Å². The van der Waals surface area contributed by atoms with E-state index in [9.17, 15) is 44.7 Å². The van der Waals surface area contributed by atoms with Gasteiger partial charge >= 0.3 is 12.4 Å². The predicted molar refractivity (Wildman–Crippen MR) is 113 cm³/mol. The lowest BCUT2D eigenvalue weighted by Gasteiger charge is -2.33. The minimum Gasteiger partial charge on any atom is -0.369 e. The molecule has 0 radical (unpaired) electrons. The second kappa shape index (κ2) is 9.57. The molecule has 188 valence electrons. The van der Waals surface area contributed by atoms with Crippen LogP contribution in [-0.4, -0.2) is 43.6 Å². The Morgan fingerprint density at radius 1 is 0.912 bits per heavy atom. The lowest BCUT2D eigenvalue weighted by molar-refractivity contribution is -0.376. The topological polar surface area (TPSA) is 74.7 Å². The Labute approximate surface area is 192 Å². The molecule has 12 heteroatoms. The highest BCUT2D eigenvalue weighted by molar-refractivity contribution is 7.91. The highest BCUT2D eigenvalue weighted by Gasteiger charge is 2.71.